The number of nitrogens with two attached hydrogens (primary N) is 1. The Balaban J connectivity index is 2.84. The van der Waals surface area contributed by atoms with Crippen molar-refractivity contribution in [2.45, 2.75) is 13.8 Å². The molecule has 0 aliphatic carbocycles. The molecule has 0 heterocycles. The van der Waals surface area contributed by atoms with Crippen molar-refractivity contribution in [3.05, 3.63) is 21.5 Å². The predicted octanol–water partition coefficient (Wildman–Crippen LogP) is 2.88. The first kappa shape index (κ1) is 14.5. The Hall–Kier alpha value is -0.560. The molecule has 0 fully saturated rings. The van der Waals surface area contributed by atoms with Crippen molar-refractivity contribution in [2.24, 2.45) is 0 Å². The lowest BCUT2D eigenvalue weighted by molar-refractivity contribution is 0.154. The third kappa shape index (κ3) is 3.99. The summed E-state index contributed by atoms with van der Waals surface area (Å²) in [6, 6.07) is 3.15. The summed E-state index contributed by atoms with van der Waals surface area (Å²) < 4.78 is 19.4. The largest absolute Gasteiger partial charge is 0.397 e. The quantitative estimate of drug-likeness (QED) is 0.486. The zero-order valence-corrected chi connectivity index (χ0v) is 12.3. The molecular weight excluding hydrogens is 334 g/mol. The third-order valence-corrected chi connectivity index (χ3v) is 3.33. The molecule has 0 radical (unpaired) electrons. The molecule has 0 bridgehead atoms. The molecule has 1 aromatic carbocycles. The summed E-state index contributed by atoms with van der Waals surface area (Å²) in [6.45, 7) is 6.77. The highest BCUT2D eigenvalue weighted by atomic mass is 127. The number of hydrogen-bond donors (Lipinski definition) is 1. The van der Waals surface area contributed by atoms with Crippen LogP contribution in [0.4, 0.5) is 15.8 Å². The van der Waals surface area contributed by atoms with Gasteiger partial charge in [-0.05, 0) is 42.5 Å². The topological polar surface area (TPSA) is 38.5 Å². The van der Waals surface area contributed by atoms with Crippen molar-refractivity contribution < 1.29 is 9.13 Å². The third-order valence-electron chi connectivity index (χ3n) is 2.50. The summed E-state index contributed by atoms with van der Waals surface area (Å²) in [4.78, 5) is 2.02. The Morgan fingerprint density at radius 2 is 2.12 bits per heavy atom. The van der Waals surface area contributed by atoms with Crippen LogP contribution >= 0.6 is 22.6 Å². The minimum Gasteiger partial charge on any atom is -0.397 e. The average molecular weight is 352 g/mol. The second-order valence-electron chi connectivity index (χ2n) is 3.60. The van der Waals surface area contributed by atoms with Crippen molar-refractivity contribution in [1.82, 2.24) is 0 Å². The summed E-state index contributed by atoms with van der Waals surface area (Å²) >= 11 is 1.94. The zero-order valence-electron chi connectivity index (χ0n) is 10.2. The molecule has 0 aliphatic heterocycles. The summed E-state index contributed by atoms with van der Waals surface area (Å²) in [7, 11) is 0. The maximum absolute atomic E-state index is 13.5. The van der Waals surface area contributed by atoms with Crippen LogP contribution in [-0.2, 0) is 4.74 Å². The van der Waals surface area contributed by atoms with E-state index in [1.807, 2.05) is 41.3 Å². The molecule has 1 aromatic rings. The lowest BCUT2D eigenvalue weighted by atomic mass is 10.2. The molecule has 3 nitrogen and oxygen atoms in total. The van der Waals surface area contributed by atoms with Gasteiger partial charge in [0.15, 0.2) is 0 Å². The number of nitrogen functional groups attached to an aromatic ring is 1. The molecule has 0 unspecified atom stereocenters. The minimum atomic E-state index is -0.232. The average Bonchev–Trinajstić information content (AvgIpc) is 2.30. The first-order chi connectivity index (χ1) is 8.10. The lowest BCUT2D eigenvalue weighted by Gasteiger charge is -2.24. The van der Waals surface area contributed by atoms with E-state index in [9.17, 15) is 4.39 Å². The normalized spacial score (nSPS) is 10.6. The molecule has 0 atom stereocenters. The van der Waals surface area contributed by atoms with Crippen molar-refractivity contribution in [1.29, 1.82) is 0 Å². The first-order valence-corrected chi connectivity index (χ1v) is 6.75. The summed E-state index contributed by atoms with van der Waals surface area (Å²) in [5.74, 6) is -0.232. The number of nitrogens with zero attached hydrogens (tertiary/aromatic N) is 1. The van der Waals surface area contributed by atoms with Gasteiger partial charge in [0, 0.05) is 25.8 Å². The van der Waals surface area contributed by atoms with Gasteiger partial charge in [0.1, 0.15) is 5.82 Å². The van der Waals surface area contributed by atoms with E-state index >= 15 is 0 Å². The SMILES string of the molecule is CCOCCN(CC)c1cc(F)c(I)cc1N. The van der Waals surface area contributed by atoms with Crippen LogP contribution < -0.4 is 10.6 Å². The molecule has 5 heteroatoms. The number of rotatable bonds is 6. The maximum atomic E-state index is 13.5. The van der Waals surface area contributed by atoms with E-state index in [1.54, 1.807) is 6.07 Å². The number of anilines is 2. The fraction of sp³-hybridized carbons (Fsp3) is 0.500. The van der Waals surface area contributed by atoms with Crippen LogP contribution in [-0.4, -0.2) is 26.3 Å². The van der Waals surface area contributed by atoms with E-state index in [0.29, 0.717) is 29.0 Å². The van der Waals surface area contributed by atoms with Crippen LogP contribution in [0.3, 0.4) is 0 Å². The lowest BCUT2D eigenvalue weighted by Crippen LogP contribution is -2.28. The van der Waals surface area contributed by atoms with Crippen LogP contribution in [0.1, 0.15) is 13.8 Å². The molecule has 0 saturated carbocycles. The monoisotopic (exact) mass is 352 g/mol. The molecule has 96 valence electrons. The van der Waals surface area contributed by atoms with Gasteiger partial charge in [0.05, 0.1) is 21.6 Å². The van der Waals surface area contributed by atoms with Gasteiger partial charge in [0.2, 0.25) is 0 Å². The number of likely N-dealkylation sites (N-methyl/N-ethyl adjacent to an activating group) is 1. The smallest absolute Gasteiger partial charge is 0.138 e. The number of halogens is 2. The van der Waals surface area contributed by atoms with Gasteiger partial charge in [-0.1, -0.05) is 0 Å². The van der Waals surface area contributed by atoms with E-state index in [4.69, 9.17) is 10.5 Å². The van der Waals surface area contributed by atoms with Gasteiger partial charge in [-0.15, -0.1) is 0 Å². The highest BCUT2D eigenvalue weighted by Gasteiger charge is 2.11. The Morgan fingerprint density at radius 3 is 2.71 bits per heavy atom. The van der Waals surface area contributed by atoms with Crippen LogP contribution in [0, 0.1) is 9.39 Å². The molecule has 0 aromatic heterocycles. The second-order valence-corrected chi connectivity index (χ2v) is 4.76. The number of hydrogen-bond acceptors (Lipinski definition) is 3. The van der Waals surface area contributed by atoms with E-state index in [0.717, 1.165) is 12.2 Å². The number of benzene rings is 1. The highest BCUT2D eigenvalue weighted by Crippen LogP contribution is 2.27. The van der Waals surface area contributed by atoms with E-state index in [2.05, 4.69) is 0 Å². The molecule has 1 rings (SSSR count). The molecular formula is C12H18FIN2O. The van der Waals surface area contributed by atoms with Gasteiger partial charge < -0.3 is 15.4 Å². The van der Waals surface area contributed by atoms with E-state index in [1.165, 1.54) is 6.07 Å². The fourth-order valence-corrected chi connectivity index (χ4v) is 2.08. The van der Waals surface area contributed by atoms with Crippen LogP contribution in [0.5, 0.6) is 0 Å². The van der Waals surface area contributed by atoms with Crippen LogP contribution in [0.2, 0.25) is 0 Å². The standard InChI is InChI=1S/C12H18FIN2O/c1-3-16(5-6-17-4-2)12-7-9(13)10(14)8-11(12)15/h7-8H,3-6,15H2,1-2H3. The molecule has 0 saturated heterocycles. The molecule has 0 aliphatic rings. The Labute approximate surface area is 115 Å². The molecule has 0 amide bonds. The van der Waals surface area contributed by atoms with E-state index < -0.39 is 0 Å². The maximum Gasteiger partial charge on any atom is 0.138 e. The van der Waals surface area contributed by atoms with Crippen molar-refractivity contribution in [2.75, 3.05) is 36.9 Å². The van der Waals surface area contributed by atoms with Crippen LogP contribution in [0.15, 0.2) is 12.1 Å². The minimum absolute atomic E-state index is 0.232. The first-order valence-electron chi connectivity index (χ1n) is 5.67. The summed E-state index contributed by atoms with van der Waals surface area (Å²) in [5, 5.41) is 0. The summed E-state index contributed by atoms with van der Waals surface area (Å²) in [5.41, 5.74) is 7.26. The second kappa shape index (κ2) is 7.00. The van der Waals surface area contributed by atoms with Crippen molar-refractivity contribution >= 4 is 34.0 Å². The van der Waals surface area contributed by atoms with Crippen molar-refractivity contribution in [3.8, 4) is 0 Å². The fourth-order valence-electron chi connectivity index (χ4n) is 1.59. The highest BCUT2D eigenvalue weighted by molar-refractivity contribution is 14.1. The zero-order chi connectivity index (χ0) is 12.8. The molecule has 0 spiro atoms. The number of ether oxygens (including phenoxy) is 1. The Kier molecular flexibility index (Phi) is 5.97. The van der Waals surface area contributed by atoms with Gasteiger partial charge in [0.25, 0.3) is 0 Å². The van der Waals surface area contributed by atoms with Gasteiger partial charge in [-0.3, -0.25) is 0 Å². The van der Waals surface area contributed by atoms with Gasteiger partial charge >= 0.3 is 0 Å². The van der Waals surface area contributed by atoms with Gasteiger partial charge in [-0.25, -0.2) is 4.39 Å². The summed E-state index contributed by atoms with van der Waals surface area (Å²) in [6.07, 6.45) is 0. The van der Waals surface area contributed by atoms with Crippen molar-refractivity contribution in [3.63, 3.8) is 0 Å². The van der Waals surface area contributed by atoms with E-state index in [-0.39, 0.29) is 5.82 Å². The Morgan fingerprint density at radius 1 is 1.41 bits per heavy atom. The van der Waals surface area contributed by atoms with Crippen LogP contribution in [0.25, 0.3) is 0 Å². The predicted molar refractivity (Wildman–Crippen MR) is 77.9 cm³/mol. The Bertz CT molecular complexity index is 374. The van der Waals surface area contributed by atoms with Gasteiger partial charge in [-0.2, -0.15) is 0 Å². The molecule has 17 heavy (non-hydrogen) atoms. The molecule has 2 N–H and O–H groups in total.